The predicted molar refractivity (Wildman–Crippen MR) is 153 cm³/mol. The summed E-state index contributed by atoms with van der Waals surface area (Å²) in [5.74, 6) is 0.533. The third kappa shape index (κ3) is 4.52. The zero-order valence-electron chi connectivity index (χ0n) is 20.5. The van der Waals surface area contributed by atoms with E-state index < -0.39 is 0 Å². The van der Waals surface area contributed by atoms with Gasteiger partial charge in [-0.1, -0.05) is 85.8 Å². The number of nitrogens with zero attached hydrogens (tertiary/aromatic N) is 1. The van der Waals surface area contributed by atoms with Crippen molar-refractivity contribution in [1.29, 1.82) is 0 Å². The lowest BCUT2D eigenvalue weighted by molar-refractivity contribution is 0.625. The number of para-hydroxylation sites is 1. The van der Waals surface area contributed by atoms with Crippen molar-refractivity contribution in [2.45, 2.75) is 26.7 Å². The summed E-state index contributed by atoms with van der Waals surface area (Å²) in [6.07, 6.45) is 9.04. The van der Waals surface area contributed by atoms with Crippen LogP contribution in [-0.2, 0) is 0 Å². The van der Waals surface area contributed by atoms with Crippen LogP contribution in [0.4, 0.5) is 22.7 Å². The van der Waals surface area contributed by atoms with Gasteiger partial charge >= 0.3 is 0 Å². The number of hydrogen-bond donors (Lipinski definition) is 1. The van der Waals surface area contributed by atoms with E-state index in [2.05, 4.69) is 104 Å². The van der Waals surface area contributed by atoms with Crippen LogP contribution in [0.1, 0.15) is 37.8 Å². The van der Waals surface area contributed by atoms with E-state index in [4.69, 9.17) is 5.73 Å². The Balaban J connectivity index is 1.86. The Kier molecular flexibility index (Phi) is 6.29. The van der Waals surface area contributed by atoms with Gasteiger partial charge in [-0.3, -0.25) is 0 Å². The molecule has 0 heterocycles. The Hall–Kier alpha value is -4.04. The molecule has 0 saturated heterocycles. The molecule has 1 aliphatic carbocycles. The van der Waals surface area contributed by atoms with Crippen LogP contribution >= 0.6 is 0 Å². The van der Waals surface area contributed by atoms with Crippen molar-refractivity contribution >= 4 is 45.2 Å². The molecule has 2 N–H and O–H groups in total. The molecule has 174 valence electrons. The number of rotatable bonds is 3. The SMILES string of the molecule is C=C1/C=C\CCC(C)/C(C)=C\c2c1cc(N(c1ccccc1)c1cccc(N)c1)c1ccccc21. The molecule has 0 fully saturated rings. The second-order valence-corrected chi connectivity index (χ2v) is 9.46. The van der Waals surface area contributed by atoms with E-state index in [1.54, 1.807) is 0 Å². The number of allylic oxidation sites excluding steroid dienone is 4. The minimum Gasteiger partial charge on any atom is -0.399 e. The lowest BCUT2D eigenvalue weighted by Gasteiger charge is -2.29. The van der Waals surface area contributed by atoms with Crippen molar-refractivity contribution in [3.8, 4) is 0 Å². The van der Waals surface area contributed by atoms with Crippen molar-refractivity contribution in [1.82, 2.24) is 0 Å². The number of nitrogen functional groups attached to an aromatic ring is 1. The number of benzene rings is 4. The van der Waals surface area contributed by atoms with Crippen LogP contribution in [0.15, 0.2) is 109 Å². The Morgan fingerprint density at radius 2 is 1.57 bits per heavy atom. The minimum absolute atomic E-state index is 0.533. The van der Waals surface area contributed by atoms with Crippen LogP contribution < -0.4 is 10.6 Å². The maximum Gasteiger partial charge on any atom is 0.0546 e. The molecule has 4 aromatic rings. The molecule has 2 nitrogen and oxygen atoms in total. The van der Waals surface area contributed by atoms with E-state index in [-0.39, 0.29) is 0 Å². The predicted octanol–water partition coefficient (Wildman–Crippen LogP) is 9.29. The molecular formula is C33H32N2. The van der Waals surface area contributed by atoms with Gasteiger partial charge in [0.2, 0.25) is 0 Å². The van der Waals surface area contributed by atoms with Crippen LogP contribution in [0.3, 0.4) is 0 Å². The molecule has 1 unspecified atom stereocenters. The van der Waals surface area contributed by atoms with Crippen molar-refractivity contribution in [3.63, 3.8) is 0 Å². The number of hydrogen-bond acceptors (Lipinski definition) is 2. The minimum atomic E-state index is 0.533. The number of anilines is 4. The van der Waals surface area contributed by atoms with Crippen LogP contribution in [0.2, 0.25) is 0 Å². The summed E-state index contributed by atoms with van der Waals surface area (Å²) >= 11 is 0. The van der Waals surface area contributed by atoms with Crippen molar-refractivity contribution in [3.05, 3.63) is 120 Å². The van der Waals surface area contributed by atoms with E-state index in [1.807, 2.05) is 24.3 Å². The standard InChI is InChI=1S/C33H32N2/c1-23-12-7-8-13-24(2)31-22-33(30-19-10-9-18-29(30)32(31)20-25(23)3)35(27-15-5-4-6-16-27)28-17-11-14-26(34)21-28/h4-6,8-11,13-23H,2,7,12,34H2,1,3H3/b13-8-,25-20-. The van der Waals surface area contributed by atoms with E-state index in [1.165, 1.54) is 21.9 Å². The van der Waals surface area contributed by atoms with Gasteiger partial charge in [-0.25, -0.2) is 0 Å². The summed E-state index contributed by atoms with van der Waals surface area (Å²) in [7, 11) is 0. The molecule has 2 heteroatoms. The smallest absolute Gasteiger partial charge is 0.0546 e. The number of nitrogens with two attached hydrogens (primary N) is 1. The Morgan fingerprint density at radius 1 is 0.857 bits per heavy atom. The van der Waals surface area contributed by atoms with E-state index >= 15 is 0 Å². The summed E-state index contributed by atoms with van der Waals surface area (Å²) < 4.78 is 0. The number of fused-ring (bicyclic) bond motifs is 3. The van der Waals surface area contributed by atoms with E-state index in [9.17, 15) is 0 Å². The topological polar surface area (TPSA) is 29.3 Å². The normalized spacial score (nSPS) is 18.4. The Labute approximate surface area is 208 Å². The zero-order chi connectivity index (χ0) is 24.4. The zero-order valence-corrected chi connectivity index (χ0v) is 20.5. The summed E-state index contributed by atoms with van der Waals surface area (Å²) in [6.45, 7) is 9.07. The first-order chi connectivity index (χ1) is 17.0. The second-order valence-electron chi connectivity index (χ2n) is 9.46. The lowest BCUT2D eigenvalue weighted by Crippen LogP contribution is -2.12. The molecule has 4 aromatic carbocycles. The highest BCUT2D eigenvalue weighted by Gasteiger charge is 2.20. The van der Waals surface area contributed by atoms with Gasteiger partial charge in [0, 0.05) is 22.4 Å². The first-order valence-electron chi connectivity index (χ1n) is 12.3. The van der Waals surface area contributed by atoms with E-state index in [0.29, 0.717) is 5.92 Å². The maximum atomic E-state index is 6.24. The van der Waals surface area contributed by atoms with Gasteiger partial charge in [0.1, 0.15) is 0 Å². The summed E-state index contributed by atoms with van der Waals surface area (Å²) in [4.78, 5) is 2.30. The van der Waals surface area contributed by atoms with Crippen LogP contribution in [-0.4, -0.2) is 0 Å². The average molecular weight is 457 g/mol. The quantitative estimate of drug-likeness (QED) is 0.311. The molecule has 0 aliphatic heterocycles. The van der Waals surface area contributed by atoms with Crippen LogP contribution in [0.5, 0.6) is 0 Å². The van der Waals surface area contributed by atoms with Gasteiger partial charge in [-0.2, -0.15) is 0 Å². The second kappa shape index (κ2) is 9.68. The third-order valence-corrected chi connectivity index (χ3v) is 7.03. The fourth-order valence-corrected chi connectivity index (χ4v) is 4.91. The molecule has 0 aromatic heterocycles. The average Bonchev–Trinajstić information content (AvgIpc) is 2.87. The van der Waals surface area contributed by atoms with Crippen LogP contribution in [0.25, 0.3) is 22.4 Å². The third-order valence-electron chi connectivity index (χ3n) is 7.03. The van der Waals surface area contributed by atoms with Gasteiger partial charge in [0.05, 0.1) is 5.69 Å². The molecule has 0 amide bonds. The van der Waals surface area contributed by atoms with Gasteiger partial charge in [-0.05, 0) is 84.2 Å². The van der Waals surface area contributed by atoms with Gasteiger partial charge in [-0.15, -0.1) is 0 Å². The summed E-state index contributed by atoms with van der Waals surface area (Å²) in [6, 6.07) is 29.6. The lowest BCUT2D eigenvalue weighted by atomic mass is 9.87. The highest BCUT2D eigenvalue weighted by Crippen LogP contribution is 2.43. The fourth-order valence-electron chi connectivity index (χ4n) is 4.91. The highest BCUT2D eigenvalue weighted by atomic mass is 15.1. The molecule has 0 bridgehead atoms. The summed E-state index contributed by atoms with van der Waals surface area (Å²) in [5.41, 5.74) is 15.1. The van der Waals surface area contributed by atoms with Gasteiger partial charge in [0.15, 0.2) is 0 Å². The monoisotopic (exact) mass is 456 g/mol. The van der Waals surface area contributed by atoms with E-state index in [0.717, 1.165) is 46.7 Å². The first-order valence-corrected chi connectivity index (χ1v) is 12.3. The molecule has 0 radical (unpaired) electrons. The highest BCUT2D eigenvalue weighted by molar-refractivity contribution is 6.06. The Bertz CT molecular complexity index is 1440. The molecule has 0 spiro atoms. The largest absolute Gasteiger partial charge is 0.399 e. The van der Waals surface area contributed by atoms with Crippen molar-refractivity contribution in [2.24, 2.45) is 5.92 Å². The van der Waals surface area contributed by atoms with Crippen molar-refractivity contribution in [2.75, 3.05) is 10.6 Å². The summed E-state index contributed by atoms with van der Waals surface area (Å²) in [5, 5.41) is 2.43. The van der Waals surface area contributed by atoms with Gasteiger partial charge in [0.25, 0.3) is 0 Å². The van der Waals surface area contributed by atoms with Gasteiger partial charge < -0.3 is 10.6 Å². The fraction of sp³-hybridized carbons (Fsp3) is 0.152. The molecule has 35 heavy (non-hydrogen) atoms. The molecule has 1 atom stereocenters. The van der Waals surface area contributed by atoms with Crippen molar-refractivity contribution < 1.29 is 0 Å². The molecule has 5 rings (SSSR count). The Morgan fingerprint density at radius 3 is 2.34 bits per heavy atom. The maximum absolute atomic E-state index is 6.24. The molecule has 1 aliphatic rings. The molecule has 0 saturated carbocycles. The molecular weight excluding hydrogens is 424 g/mol. The van der Waals surface area contributed by atoms with Crippen LogP contribution in [0, 0.1) is 5.92 Å². The first kappa shape index (κ1) is 22.7.